The summed E-state index contributed by atoms with van der Waals surface area (Å²) in [6.07, 6.45) is -7.51. The molecule has 0 saturated carbocycles. The molecule has 2 aromatic carbocycles. The van der Waals surface area contributed by atoms with Crippen molar-refractivity contribution in [1.82, 2.24) is 9.78 Å². The highest BCUT2D eigenvalue weighted by molar-refractivity contribution is 6.33. The van der Waals surface area contributed by atoms with E-state index in [9.17, 15) is 26.3 Å². The first kappa shape index (κ1) is 22.8. The van der Waals surface area contributed by atoms with Gasteiger partial charge in [0, 0.05) is 22.7 Å². The summed E-state index contributed by atoms with van der Waals surface area (Å²) in [6, 6.07) is 6.10. The second kappa shape index (κ2) is 8.19. The van der Waals surface area contributed by atoms with Crippen molar-refractivity contribution in [2.24, 2.45) is 0 Å². The van der Waals surface area contributed by atoms with Crippen LogP contribution in [0.3, 0.4) is 0 Å². The first-order valence-electron chi connectivity index (χ1n) is 9.57. The third-order valence-corrected chi connectivity index (χ3v) is 5.74. The number of nitrogens with one attached hydrogen (secondary N) is 1. The first-order valence-corrected chi connectivity index (χ1v) is 10.3. The Morgan fingerprint density at radius 1 is 0.906 bits per heavy atom. The zero-order chi connectivity index (χ0) is 23.3. The van der Waals surface area contributed by atoms with E-state index in [4.69, 9.17) is 23.2 Å². The van der Waals surface area contributed by atoms with Gasteiger partial charge in [-0.15, -0.1) is 0 Å². The van der Waals surface area contributed by atoms with Gasteiger partial charge in [-0.05, 0) is 55.7 Å². The van der Waals surface area contributed by atoms with Crippen molar-refractivity contribution in [3.63, 3.8) is 0 Å². The molecule has 32 heavy (non-hydrogen) atoms. The number of hydrogen-bond acceptors (Lipinski definition) is 2. The first-order chi connectivity index (χ1) is 15.0. The highest BCUT2D eigenvalue weighted by atomic mass is 35.5. The Labute approximate surface area is 188 Å². The molecule has 11 heteroatoms. The number of aromatic nitrogens is 2. The van der Waals surface area contributed by atoms with Gasteiger partial charge in [-0.2, -0.15) is 31.4 Å². The monoisotopic (exact) mass is 493 g/mol. The third kappa shape index (κ3) is 4.28. The number of fused-ring (bicyclic) bond motifs is 1. The van der Waals surface area contributed by atoms with Gasteiger partial charge in [0.25, 0.3) is 0 Å². The van der Waals surface area contributed by atoms with Crippen molar-refractivity contribution in [3.8, 4) is 16.9 Å². The number of alkyl halides is 6. The highest BCUT2D eigenvalue weighted by Crippen LogP contribution is 2.42. The van der Waals surface area contributed by atoms with Gasteiger partial charge in [0.05, 0.1) is 27.5 Å². The van der Waals surface area contributed by atoms with Crippen LogP contribution < -0.4 is 5.32 Å². The van der Waals surface area contributed by atoms with Crippen LogP contribution in [-0.2, 0) is 18.8 Å². The minimum atomic E-state index is -4.72. The molecule has 1 aromatic heterocycles. The van der Waals surface area contributed by atoms with Crippen molar-refractivity contribution in [2.45, 2.75) is 31.6 Å². The standard InChI is InChI=1S/C21H15Cl2F6N3/c22-12-5-7-17(15(10-12)21(27,28)29)32-19-13(3-1-2-8-30-19)18(31-32)14-9-11(20(24,25)26)4-6-16(14)23/h4-7,9-10,30H,1-3,8H2. The molecule has 0 radical (unpaired) electrons. The maximum atomic E-state index is 13.7. The van der Waals surface area contributed by atoms with Crippen molar-refractivity contribution >= 4 is 29.0 Å². The normalized spacial score (nSPS) is 14.6. The summed E-state index contributed by atoms with van der Waals surface area (Å²) in [6.45, 7) is 0.476. The molecule has 170 valence electrons. The van der Waals surface area contributed by atoms with E-state index in [-0.39, 0.29) is 27.0 Å². The number of benzene rings is 2. The van der Waals surface area contributed by atoms with Gasteiger partial charge in [0.2, 0.25) is 0 Å². The lowest BCUT2D eigenvalue weighted by Crippen LogP contribution is -2.14. The molecule has 0 fully saturated rings. The summed E-state index contributed by atoms with van der Waals surface area (Å²) in [5.41, 5.74) is -1.61. The van der Waals surface area contributed by atoms with E-state index in [1.165, 1.54) is 12.1 Å². The van der Waals surface area contributed by atoms with Crippen molar-refractivity contribution in [3.05, 3.63) is 63.1 Å². The lowest BCUT2D eigenvalue weighted by molar-refractivity contribution is -0.138. The van der Waals surface area contributed by atoms with Gasteiger partial charge in [-0.25, -0.2) is 4.68 Å². The second-order valence-electron chi connectivity index (χ2n) is 7.32. The maximum absolute atomic E-state index is 13.7. The van der Waals surface area contributed by atoms with Gasteiger partial charge in [0.1, 0.15) is 5.82 Å². The van der Waals surface area contributed by atoms with Crippen molar-refractivity contribution in [2.75, 3.05) is 11.9 Å². The van der Waals surface area contributed by atoms with Crippen LogP contribution in [-0.4, -0.2) is 16.3 Å². The molecular formula is C21H15Cl2F6N3. The molecule has 1 aliphatic rings. The predicted molar refractivity (Wildman–Crippen MR) is 110 cm³/mol. The van der Waals surface area contributed by atoms with Gasteiger partial charge >= 0.3 is 12.4 Å². The van der Waals surface area contributed by atoms with Gasteiger partial charge in [-0.3, -0.25) is 0 Å². The Bertz CT molecular complexity index is 1170. The van der Waals surface area contributed by atoms with Crippen molar-refractivity contribution in [1.29, 1.82) is 0 Å². The summed E-state index contributed by atoms with van der Waals surface area (Å²) in [5, 5.41) is 7.31. The van der Waals surface area contributed by atoms with Crippen LogP contribution in [0.5, 0.6) is 0 Å². The second-order valence-corrected chi connectivity index (χ2v) is 8.17. The molecule has 3 aromatic rings. The lowest BCUT2D eigenvalue weighted by Gasteiger charge is -2.16. The molecule has 4 rings (SSSR count). The molecule has 2 heterocycles. The Hall–Kier alpha value is -2.39. The number of anilines is 1. The van der Waals surface area contributed by atoms with Crippen LogP contribution in [0.25, 0.3) is 16.9 Å². The molecule has 0 aliphatic carbocycles. The average molecular weight is 494 g/mol. The largest absolute Gasteiger partial charge is 0.418 e. The summed E-state index contributed by atoms with van der Waals surface area (Å²) in [7, 11) is 0. The number of halogens is 8. The smallest absolute Gasteiger partial charge is 0.370 e. The quantitative estimate of drug-likeness (QED) is 0.372. The zero-order valence-corrected chi connectivity index (χ0v) is 17.7. The number of hydrogen-bond donors (Lipinski definition) is 1. The Morgan fingerprint density at radius 2 is 1.66 bits per heavy atom. The Kier molecular flexibility index (Phi) is 5.83. The van der Waals surface area contributed by atoms with Crippen LogP contribution in [0.2, 0.25) is 10.0 Å². The Balaban J connectivity index is 1.99. The van der Waals surface area contributed by atoms with E-state index >= 15 is 0 Å². The number of rotatable bonds is 2. The fraction of sp³-hybridized carbons (Fsp3) is 0.286. The van der Waals surface area contributed by atoms with E-state index in [2.05, 4.69) is 10.4 Å². The van der Waals surface area contributed by atoms with Crippen LogP contribution in [0.4, 0.5) is 32.2 Å². The fourth-order valence-corrected chi connectivity index (χ4v) is 4.08. The fourth-order valence-electron chi connectivity index (χ4n) is 3.70. The molecular weight excluding hydrogens is 479 g/mol. The van der Waals surface area contributed by atoms with Crippen molar-refractivity contribution < 1.29 is 26.3 Å². The van der Waals surface area contributed by atoms with E-state index < -0.39 is 23.5 Å². The highest BCUT2D eigenvalue weighted by Gasteiger charge is 2.36. The van der Waals surface area contributed by atoms with Crippen LogP contribution >= 0.6 is 23.2 Å². The molecule has 0 bridgehead atoms. The summed E-state index contributed by atoms with van der Waals surface area (Å²) >= 11 is 12.0. The number of nitrogens with zero attached hydrogens (tertiary/aromatic N) is 2. The van der Waals surface area contributed by atoms with Crippen LogP contribution in [0.15, 0.2) is 36.4 Å². The van der Waals surface area contributed by atoms with E-state index in [1.54, 1.807) is 0 Å². The molecule has 0 amide bonds. The zero-order valence-electron chi connectivity index (χ0n) is 16.2. The summed E-state index contributed by atoms with van der Waals surface area (Å²) < 4.78 is 82.2. The third-order valence-electron chi connectivity index (χ3n) is 5.17. The molecule has 0 spiro atoms. The lowest BCUT2D eigenvalue weighted by atomic mass is 10.0. The van der Waals surface area contributed by atoms with E-state index in [1.807, 2.05) is 0 Å². The van der Waals surface area contributed by atoms with Crippen LogP contribution in [0, 0.1) is 0 Å². The molecule has 1 aliphatic heterocycles. The molecule has 0 atom stereocenters. The van der Waals surface area contributed by atoms with Gasteiger partial charge in [0.15, 0.2) is 0 Å². The molecule has 1 N–H and O–H groups in total. The topological polar surface area (TPSA) is 29.9 Å². The van der Waals surface area contributed by atoms with Crippen LogP contribution in [0.1, 0.15) is 29.5 Å². The van der Waals surface area contributed by atoms with E-state index in [0.29, 0.717) is 30.8 Å². The SMILES string of the molecule is FC(F)(F)c1ccc(Cl)c(-c2nn(-c3ccc(Cl)cc3C(F)(F)F)c3c2CCCCN3)c1. The molecule has 0 unspecified atom stereocenters. The average Bonchev–Trinajstić information content (AvgIpc) is 2.88. The van der Waals surface area contributed by atoms with Gasteiger partial charge in [-0.1, -0.05) is 23.2 Å². The molecule has 3 nitrogen and oxygen atoms in total. The van der Waals surface area contributed by atoms with E-state index in [0.717, 1.165) is 35.4 Å². The van der Waals surface area contributed by atoms with Gasteiger partial charge < -0.3 is 5.32 Å². The predicted octanol–water partition coefficient (Wildman–Crippen LogP) is 7.63. The molecule has 0 saturated heterocycles. The minimum Gasteiger partial charge on any atom is -0.370 e. The Morgan fingerprint density at radius 3 is 2.34 bits per heavy atom. The summed E-state index contributed by atoms with van der Waals surface area (Å²) in [5.74, 6) is 0.291. The minimum absolute atomic E-state index is 0.00251. The summed E-state index contributed by atoms with van der Waals surface area (Å²) in [4.78, 5) is 0. The maximum Gasteiger partial charge on any atom is 0.418 e.